The number of methoxy groups -OCH3 is 2. The van der Waals surface area contributed by atoms with Gasteiger partial charge in [0.25, 0.3) is 5.56 Å². The lowest BCUT2D eigenvalue weighted by Crippen LogP contribution is -2.34. The molecule has 0 atom stereocenters. The first-order valence-electron chi connectivity index (χ1n) is 5.51. The van der Waals surface area contributed by atoms with E-state index in [1.165, 1.54) is 14.2 Å². The molecule has 96 valence electrons. The Balaban J connectivity index is 2.97. The molecule has 1 aromatic carbocycles. The molecule has 2 rings (SSSR count). The van der Waals surface area contributed by atoms with Gasteiger partial charge < -0.3 is 14.5 Å². The Labute approximate surface area is 103 Å². The molecule has 0 unspecified atom stereocenters. The van der Waals surface area contributed by atoms with Crippen molar-refractivity contribution in [2.24, 2.45) is 0 Å². The number of benzene rings is 1. The molecular formula is C12H14N2O4. The average Bonchev–Trinajstić information content (AvgIpc) is 2.37. The molecule has 6 nitrogen and oxygen atoms in total. The maximum absolute atomic E-state index is 12.2. The molecule has 0 bridgehead atoms. The fourth-order valence-corrected chi connectivity index (χ4v) is 1.89. The number of hydrogen-bond donors (Lipinski definition) is 1. The maximum Gasteiger partial charge on any atom is 0.328 e. The Morgan fingerprint density at radius 2 is 1.94 bits per heavy atom. The molecule has 0 saturated heterocycles. The van der Waals surface area contributed by atoms with Crippen LogP contribution in [0.4, 0.5) is 0 Å². The van der Waals surface area contributed by atoms with Crippen molar-refractivity contribution in [2.45, 2.75) is 13.5 Å². The van der Waals surface area contributed by atoms with E-state index in [0.29, 0.717) is 28.9 Å². The molecule has 6 heteroatoms. The van der Waals surface area contributed by atoms with Gasteiger partial charge in [-0.3, -0.25) is 9.36 Å². The highest BCUT2D eigenvalue weighted by Gasteiger charge is 2.13. The van der Waals surface area contributed by atoms with Crippen LogP contribution < -0.4 is 20.7 Å². The van der Waals surface area contributed by atoms with Crippen molar-refractivity contribution in [3.05, 3.63) is 33.0 Å². The minimum Gasteiger partial charge on any atom is -0.497 e. The Morgan fingerprint density at radius 1 is 1.22 bits per heavy atom. The molecule has 0 radical (unpaired) electrons. The summed E-state index contributed by atoms with van der Waals surface area (Å²) < 4.78 is 11.4. The predicted octanol–water partition coefficient (Wildman–Crippen LogP) is 0.727. The highest BCUT2D eigenvalue weighted by atomic mass is 16.5. The number of nitrogens with zero attached hydrogens (tertiary/aromatic N) is 1. The lowest BCUT2D eigenvalue weighted by Gasteiger charge is -2.09. The van der Waals surface area contributed by atoms with Crippen LogP contribution in [0.15, 0.2) is 21.7 Å². The van der Waals surface area contributed by atoms with E-state index in [-0.39, 0.29) is 5.56 Å². The number of rotatable bonds is 3. The molecule has 18 heavy (non-hydrogen) atoms. The number of aromatic amines is 1. The third-order valence-corrected chi connectivity index (χ3v) is 2.79. The topological polar surface area (TPSA) is 73.3 Å². The molecule has 1 N–H and O–H groups in total. The quantitative estimate of drug-likeness (QED) is 0.871. The van der Waals surface area contributed by atoms with E-state index in [4.69, 9.17) is 9.47 Å². The molecule has 1 aromatic heterocycles. The van der Waals surface area contributed by atoms with Gasteiger partial charge >= 0.3 is 5.69 Å². The Hall–Kier alpha value is -2.24. The van der Waals surface area contributed by atoms with Crippen LogP contribution in [0.2, 0.25) is 0 Å². The first kappa shape index (κ1) is 12.2. The van der Waals surface area contributed by atoms with Gasteiger partial charge in [-0.05, 0) is 6.92 Å². The van der Waals surface area contributed by atoms with Crippen molar-refractivity contribution in [3.8, 4) is 11.5 Å². The molecule has 0 saturated carbocycles. The summed E-state index contributed by atoms with van der Waals surface area (Å²) in [7, 11) is 2.97. The van der Waals surface area contributed by atoms with Gasteiger partial charge in [-0.1, -0.05) is 0 Å². The Bertz CT molecular complexity index is 700. The summed E-state index contributed by atoms with van der Waals surface area (Å²) in [6, 6.07) is 3.21. The number of hydrogen-bond acceptors (Lipinski definition) is 4. The minimum absolute atomic E-state index is 0.305. The highest BCUT2D eigenvalue weighted by molar-refractivity contribution is 5.85. The molecule has 0 aliphatic heterocycles. The van der Waals surface area contributed by atoms with Crippen LogP contribution in [0.3, 0.4) is 0 Å². The summed E-state index contributed by atoms with van der Waals surface area (Å²) in [6.45, 7) is 2.04. The average molecular weight is 250 g/mol. The molecule has 1 heterocycles. The smallest absolute Gasteiger partial charge is 0.328 e. The van der Waals surface area contributed by atoms with Crippen LogP contribution in [0, 0.1) is 0 Å². The monoisotopic (exact) mass is 250 g/mol. The molecule has 0 aliphatic rings. The number of ether oxygens (including phenoxy) is 2. The highest BCUT2D eigenvalue weighted by Crippen LogP contribution is 2.26. The Kier molecular flexibility index (Phi) is 3.10. The van der Waals surface area contributed by atoms with E-state index >= 15 is 0 Å². The zero-order valence-corrected chi connectivity index (χ0v) is 10.4. The van der Waals surface area contributed by atoms with Crippen LogP contribution in [0.25, 0.3) is 10.9 Å². The first-order chi connectivity index (χ1) is 8.62. The van der Waals surface area contributed by atoms with Crippen LogP contribution in [0.1, 0.15) is 6.92 Å². The van der Waals surface area contributed by atoms with E-state index in [1.807, 2.05) is 0 Å². The van der Waals surface area contributed by atoms with Gasteiger partial charge in [0.2, 0.25) is 0 Å². The molecule has 0 amide bonds. The van der Waals surface area contributed by atoms with E-state index in [0.717, 1.165) is 4.57 Å². The lowest BCUT2D eigenvalue weighted by molar-refractivity contribution is 0.397. The zero-order valence-electron chi connectivity index (χ0n) is 10.4. The molecular weight excluding hydrogens is 236 g/mol. The summed E-state index contributed by atoms with van der Waals surface area (Å²) in [5.41, 5.74) is -0.396. The van der Waals surface area contributed by atoms with Gasteiger partial charge in [0, 0.05) is 18.7 Å². The minimum atomic E-state index is -0.440. The van der Waals surface area contributed by atoms with Crippen molar-refractivity contribution >= 4 is 10.9 Å². The van der Waals surface area contributed by atoms with Crippen molar-refractivity contribution < 1.29 is 9.47 Å². The van der Waals surface area contributed by atoms with Crippen LogP contribution >= 0.6 is 0 Å². The van der Waals surface area contributed by atoms with E-state index in [9.17, 15) is 9.59 Å². The van der Waals surface area contributed by atoms with Gasteiger partial charge in [0.1, 0.15) is 16.9 Å². The third-order valence-electron chi connectivity index (χ3n) is 2.79. The number of nitrogens with one attached hydrogen (secondary N) is 1. The second-order valence-corrected chi connectivity index (χ2v) is 3.73. The van der Waals surface area contributed by atoms with Crippen molar-refractivity contribution in [1.82, 2.24) is 9.55 Å². The lowest BCUT2D eigenvalue weighted by atomic mass is 10.2. The predicted molar refractivity (Wildman–Crippen MR) is 67.6 cm³/mol. The molecule has 2 aromatic rings. The SMILES string of the molecule is CCn1c(=O)[nH]c2cc(OC)cc(OC)c2c1=O. The fourth-order valence-electron chi connectivity index (χ4n) is 1.89. The van der Waals surface area contributed by atoms with E-state index in [1.54, 1.807) is 19.1 Å². The first-order valence-corrected chi connectivity index (χ1v) is 5.51. The van der Waals surface area contributed by atoms with Crippen molar-refractivity contribution in [2.75, 3.05) is 14.2 Å². The second-order valence-electron chi connectivity index (χ2n) is 3.73. The van der Waals surface area contributed by atoms with Gasteiger partial charge in [-0.2, -0.15) is 0 Å². The largest absolute Gasteiger partial charge is 0.497 e. The Morgan fingerprint density at radius 3 is 2.50 bits per heavy atom. The third kappa shape index (κ3) is 1.75. The molecule has 0 fully saturated rings. The van der Waals surface area contributed by atoms with Crippen molar-refractivity contribution in [3.63, 3.8) is 0 Å². The standard InChI is InChI=1S/C12H14N2O4/c1-4-14-11(15)10-8(13-12(14)16)5-7(17-2)6-9(10)18-3/h5-6H,4H2,1-3H3,(H,13,16). The summed E-state index contributed by atoms with van der Waals surface area (Å²) in [6.07, 6.45) is 0. The van der Waals surface area contributed by atoms with Crippen molar-refractivity contribution in [1.29, 1.82) is 0 Å². The van der Waals surface area contributed by atoms with Gasteiger partial charge in [0.15, 0.2) is 0 Å². The summed E-state index contributed by atoms with van der Waals surface area (Å²) in [5, 5.41) is 0.347. The number of aromatic nitrogens is 2. The molecule has 0 aliphatic carbocycles. The maximum atomic E-state index is 12.2. The summed E-state index contributed by atoms with van der Waals surface area (Å²) in [5.74, 6) is 0.899. The van der Waals surface area contributed by atoms with Gasteiger partial charge in [0.05, 0.1) is 19.7 Å². The van der Waals surface area contributed by atoms with E-state index < -0.39 is 5.69 Å². The zero-order chi connectivity index (χ0) is 13.3. The second kappa shape index (κ2) is 4.56. The summed E-state index contributed by atoms with van der Waals surface area (Å²) >= 11 is 0. The van der Waals surface area contributed by atoms with Crippen LogP contribution in [-0.4, -0.2) is 23.8 Å². The van der Waals surface area contributed by atoms with Crippen LogP contribution in [0.5, 0.6) is 11.5 Å². The normalized spacial score (nSPS) is 10.6. The van der Waals surface area contributed by atoms with Gasteiger partial charge in [-0.25, -0.2) is 4.79 Å². The van der Waals surface area contributed by atoms with E-state index in [2.05, 4.69) is 4.98 Å². The molecule has 0 spiro atoms. The fraction of sp³-hybridized carbons (Fsp3) is 0.333. The number of fused-ring (bicyclic) bond motifs is 1. The van der Waals surface area contributed by atoms with Crippen LogP contribution in [-0.2, 0) is 6.54 Å². The number of H-pyrrole nitrogens is 1. The summed E-state index contributed by atoms with van der Waals surface area (Å²) in [4.78, 5) is 26.5. The van der Waals surface area contributed by atoms with Gasteiger partial charge in [-0.15, -0.1) is 0 Å².